The average molecular weight is 493 g/mol. The summed E-state index contributed by atoms with van der Waals surface area (Å²) in [5.41, 5.74) is 8.77. The molecule has 160 valence electrons. The quantitative estimate of drug-likeness (QED) is 0.222. The minimum atomic E-state index is -0.556. The number of nitrogens with zero attached hydrogens (tertiary/aromatic N) is 1. The van der Waals surface area contributed by atoms with Gasteiger partial charge in [0.2, 0.25) is 0 Å². The fourth-order valence-corrected chi connectivity index (χ4v) is 4.68. The van der Waals surface area contributed by atoms with Crippen molar-refractivity contribution in [2.75, 3.05) is 0 Å². The van der Waals surface area contributed by atoms with Gasteiger partial charge in [-0.1, -0.05) is 128 Å². The molecular formula is C28H24Cl2NTi-. The van der Waals surface area contributed by atoms with Crippen LogP contribution in [-0.4, -0.2) is 0 Å². The summed E-state index contributed by atoms with van der Waals surface area (Å²) in [6.07, 6.45) is 0. The number of halogens is 2. The Morgan fingerprint density at radius 1 is 0.625 bits per heavy atom. The third-order valence-electron chi connectivity index (χ3n) is 5.93. The molecule has 0 N–H and O–H groups in total. The van der Waals surface area contributed by atoms with Crippen molar-refractivity contribution in [3.8, 4) is 11.1 Å². The Balaban J connectivity index is 0.000000775. The Labute approximate surface area is 207 Å². The fraction of sp³-hybridized carbons (Fsp3) is 0.143. The van der Waals surface area contributed by atoms with Crippen LogP contribution in [0.5, 0.6) is 0 Å². The Kier molecular flexibility index (Phi) is 7.43. The van der Waals surface area contributed by atoms with Gasteiger partial charge in [-0.05, 0) is 27.8 Å². The molecule has 32 heavy (non-hydrogen) atoms. The van der Waals surface area contributed by atoms with Crippen LogP contribution in [0.25, 0.3) is 16.4 Å². The van der Waals surface area contributed by atoms with Crippen LogP contribution >= 0.6 is 18.6 Å². The van der Waals surface area contributed by atoms with Crippen molar-refractivity contribution in [2.45, 2.75) is 25.3 Å². The second-order valence-electron chi connectivity index (χ2n) is 8.27. The van der Waals surface area contributed by atoms with E-state index in [1.54, 1.807) is 0 Å². The monoisotopic (exact) mass is 492 g/mol. The number of benzene rings is 4. The van der Waals surface area contributed by atoms with Crippen molar-refractivity contribution in [1.29, 1.82) is 0 Å². The van der Waals surface area contributed by atoms with E-state index in [2.05, 4.69) is 98.8 Å². The van der Waals surface area contributed by atoms with Crippen molar-refractivity contribution in [3.05, 3.63) is 131 Å². The minimum absolute atomic E-state index is 0.240. The molecular weight excluding hydrogens is 469 g/mol. The van der Waals surface area contributed by atoms with Crippen LogP contribution in [-0.2, 0) is 22.6 Å². The molecule has 1 aliphatic rings. The first-order valence-electron chi connectivity index (χ1n) is 10.6. The molecule has 1 aliphatic carbocycles. The predicted molar refractivity (Wildman–Crippen MR) is 133 cm³/mol. The summed E-state index contributed by atoms with van der Waals surface area (Å²) in [7, 11) is 9.78. The van der Waals surface area contributed by atoms with Crippen molar-refractivity contribution in [2.24, 2.45) is 0 Å². The van der Waals surface area contributed by atoms with Crippen LogP contribution in [0.3, 0.4) is 0 Å². The van der Waals surface area contributed by atoms with Gasteiger partial charge in [0.25, 0.3) is 0 Å². The normalized spacial score (nSPS) is 12.2. The van der Waals surface area contributed by atoms with Gasteiger partial charge in [-0.2, -0.15) is 0 Å². The van der Waals surface area contributed by atoms with Crippen LogP contribution in [0.2, 0.25) is 0 Å². The molecule has 0 saturated heterocycles. The number of rotatable bonds is 4. The molecule has 4 aromatic rings. The first-order chi connectivity index (χ1) is 15.6. The van der Waals surface area contributed by atoms with E-state index in [1.807, 2.05) is 18.2 Å². The summed E-state index contributed by atoms with van der Waals surface area (Å²) >= 11 is -0.556. The molecule has 0 atom stereocenters. The van der Waals surface area contributed by atoms with E-state index in [9.17, 15) is 0 Å². The van der Waals surface area contributed by atoms with E-state index in [4.69, 9.17) is 23.9 Å². The molecule has 0 spiro atoms. The third-order valence-corrected chi connectivity index (χ3v) is 5.93. The Hall–Kier alpha value is -2.03. The van der Waals surface area contributed by atoms with E-state index >= 15 is 0 Å². The van der Waals surface area contributed by atoms with Crippen LogP contribution in [0.15, 0.2) is 103 Å². The summed E-state index contributed by atoms with van der Waals surface area (Å²) in [5, 5.41) is 5.11. The number of hydrogen-bond acceptors (Lipinski definition) is 0. The van der Waals surface area contributed by atoms with E-state index < -0.39 is 17.0 Å². The molecule has 0 aliphatic heterocycles. The molecule has 0 unspecified atom stereocenters. The Bertz CT molecular complexity index is 1150. The summed E-state index contributed by atoms with van der Waals surface area (Å²) in [4.78, 5) is 0. The summed E-state index contributed by atoms with van der Waals surface area (Å²) in [6, 6.07) is 36.7. The van der Waals surface area contributed by atoms with Gasteiger partial charge in [0.05, 0.1) is 0 Å². The van der Waals surface area contributed by atoms with E-state index in [0.29, 0.717) is 0 Å². The van der Waals surface area contributed by atoms with Crippen molar-refractivity contribution < 1.29 is 17.0 Å². The molecule has 4 aromatic carbocycles. The molecule has 0 fully saturated rings. The van der Waals surface area contributed by atoms with Gasteiger partial charge >= 0.3 is 35.6 Å². The van der Waals surface area contributed by atoms with Crippen molar-refractivity contribution in [3.63, 3.8) is 0 Å². The molecule has 1 nitrogen and oxygen atoms in total. The van der Waals surface area contributed by atoms with Gasteiger partial charge in [-0.25, -0.2) is 0 Å². The van der Waals surface area contributed by atoms with Crippen LogP contribution in [0.4, 0.5) is 5.69 Å². The molecule has 0 radical (unpaired) electrons. The van der Waals surface area contributed by atoms with Gasteiger partial charge in [0, 0.05) is 5.92 Å². The Morgan fingerprint density at radius 2 is 1.06 bits per heavy atom. The van der Waals surface area contributed by atoms with Crippen molar-refractivity contribution >= 4 is 24.3 Å². The topological polar surface area (TPSA) is 14.1 Å². The first kappa shape index (κ1) is 23.1. The van der Waals surface area contributed by atoms with Gasteiger partial charge < -0.3 is 5.32 Å². The maximum absolute atomic E-state index is 5.11. The molecule has 4 heteroatoms. The van der Waals surface area contributed by atoms with Gasteiger partial charge in [0.15, 0.2) is 0 Å². The summed E-state index contributed by atoms with van der Waals surface area (Å²) in [5.74, 6) is 0.240. The van der Waals surface area contributed by atoms with E-state index in [1.165, 1.54) is 33.4 Å². The number of fused-ring (bicyclic) bond motifs is 3. The zero-order valence-electron chi connectivity index (χ0n) is 18.1. The second kappa shape index (κ2) is 10.3. The van der Waals surface area contributed by atoms with Gasteiger partial charge in [0.1, 0.15) is 0 Å². The first-order valence-corrected chi connectivity index (χ1v) is 14.9. The summed E-state index contributed by atoms with van der Waals surface area (Å²) < 4.78 is 0. The molecule has 0 heterocycles. The molecule has 0 bridgehead atoms. The number of hydrogen-bond donors (Lipinski definition) is 0. The molecule has 5 rings (SSSR count). The maximum atomic E-state index is 5.11. The van der Waals surface area contributed by atoms with E-state index in [0.717, 1.165) is 5.69 Å². The van der Waals surface area contributed by atoms with Gasteiger partial charge in [-0.15, -0.1) is 5.69 Å². The molecule has 0 saturated carbocycles. The SMILES string of the molecule is CC(C)([N-]c1ccccc1)c1ccccc1C1c2ccccc2-c2ccccc21.[Cl][Ti][Cl]. The van der Waals surface area contributed by atoms with Gasteiger partial charge in [-0.3, -0.25) is 0 Å². The molecule has 0 amide bonds. The second-order valence-corrected chi connectivity index (χ2v) is 10.9. The van der Waals surface area contributed by atoms with E-state index in [-0.39, 0.29) is 11.5 Å². The van der Waals surface area contributed by atoms with Crippen LogP contribution in [0.1, 0.15) is 42.0 Å². The number of para-hydroxylation sites is 1. The standard InChI is InChI=1S/C28H24N.2ClH.Ti/c1-28(2,29-20-12-4-3-5-13-20)26-19-11-10-18-25(26)27-23-16-8-6-14-21(23)22-15-7-9-17-24(22)27;;;/h3-19,27H,1-2H3;2*1H;/q-1;;;+2/p-2. The molecule has 0 aromatic heterocycles. The van der Waals surface area contributed by atoms with Crippen LogP contribution in [0, 0.1) is 0 Å². The summed E-state index contributed by atoms with van der Waals surface area (Å²) in [6.45, 7) is 4.43. The average Bonchev–Trinajstić information content (AvgIpc) is 3.14. The predicted octanol–water partition coefficient (Wildman–Crippen LogP) is 9.16. The third kappa shape index (κ3) is 4.68. The fourth-order valence-electron chi connectivity index (χ4n) is 4.68. The van der Waals surface area contributed by atoms with Crippen molar-refractivity contribution in [1.82, 2.24) is 0 Å². The zero-order valence-corrected chi connectivity index (χ0v) is 21.2. The Morgan fingerprint density at radius 3 is 1.62 bits per heavy atom. The van der Waals surface area contributed by atoms with Crippen LogP contribution < -0.4 is 0 Å². The zero-order chi connectivity index (χ0) is 22.6.